The number of thiophene rings is 1. The molecule has 0 unspecified atom stereocenters. The molecule has 0 saturated carbocycles. The molecule has 0 radical (unpaired) electrons. The first-order valence-electron chi connectivity index (χ1n) is 5.66. The minimum atomic E-state index is -0.496. The highest BCUT2D eigenvalue weighted by molar-refractivity contribution is 7.12. The summed E-state index contributed by atoms with van der Waals surface area (Å²) in [7, 11) is 0. The number of hydrogen-bond donors (Lipinski definition) is 2. The topological polar surface area (TPSA) is 38.0 Å². The van der Waals surface area contributed by atoms with E-state index >= 15 is 0 Å². The number of hydrogen-bond acceptors (Lipinski definition) is 3. The molecule has 18 heavy (non-hydrogen) atoms. The molecule has 0 saturated heterocycles. The second kappa shape index (κ2) is 5.59. The smallest absolute Gasteiger partial charge is 0.166 e. The first kappa shape index (κ1) is 13.2. The Morgan fingerprint density at radius 3 is 2.67 bits per heavy atom. The summed E-state index contributed by atoms with van der Waals surface area (Å²) in [4.78, 5) is 2.46. The molecule has 0 aliphatic heterocycles. The van der Waals surface area contributed by atoms with E-state index < -0.39 is 5.82 Å². The van der Waals surface area contributed by atoms with E-state index in [1.54, 1.807) is 17.4 Å². The summed E-state index contributed by atoms with van der Waals surface area (Å²) in [5, 5.41) is 3.08. The zero-order chi connectivity index (χ0) is 13.1. The number of nitrogen functional groups attached to an aromatic ring is 1. The first-order valence-corrected chi connectivity index (χ1v) is 6.86. The van der Waals surface area contributed by atoms with Gasteiger partial charge in [-0.3, -0.25) is 0 Å². The molecule has 2 aromatic rings. The van der Waals surface area contributed by atoms with Crippen molar-refractivity contribution in [2.45, 2.75) is 19.9 Å². The average Bonchev–Trinajstić information content (AvgIpc) is 2.82. The van der Waals surface area contributed by atoms with Gasteiger partial charge in [-0.25, -0.2) is 4.39 Å². The number of benzene rings is 1. The van der Waals surface area contributed by atoms with Crippen LogP contribution in [0.15, 0.2) is 24.3 Å². The van der Waals surface area contributed by atoms with Crippen molar-refractivity contribution in [3.05, 3.63) is 44.9 Å². The van der Waals surface area contributed by atoms with Gasteiger partial charge in [-0.15, -0.1) is 11.3 Å². The van der Waals surface area contributed by atoms with Gasteiger partial charge < -0.3 is 11.1 Å². The van der Waals surface area contributed by atoms with Crippen LogP contribution in [-0.4, -0.2) is 0 Å². The third-order valence-electron chi connectivity index (χ3n) is 2.63. The van der Waals surface area contributed by atoms with Gasteiger partial charge in [0.15, 0.2) is 5.82 Å². The van der Waals surface area contributed by atoms with Crippen molar-refractivity contribution in [3.63, 3.8) is 0 Å². The quantitative estimate of drug-likeness (QED) is 0.822. The lowest BCUT2D eigenvalue weighted by atomic mass is 10.2. The Morgan fingerprint density at radius 1 is 1.28 bits per heavy atom. The second-order valence-electron chi connectivity index (χ2n) is 3.90. The van der Waals surface area contributed by atoms with E-state index in [1.807, 2.05) is 6.07 Å². The average molecular weight is 285 g/mol. The molecule has 2 rings (SSSR count). The van der Waals surface area contributed by atoms with E-state index in [2.05, 4.69) is 18.3 Å². The van der Waals surface area contributed by atoms with Crippen molar-refractivity contribution in [2.24, 2.45) is 0 Å². The molecule has 0 spiro atoms. The molecule has 0 aliphatic carbocycles. The van der Waals surface area contributed by atoms with Crippen molar-refractivity contribution in [3.8, 4) is 0 Å². The highest BCUT2D eigenvalue weighted by atomic mass is 35.5. The Balaban J connectivity index is 2.12. The summed E-state index contributed by atoms with van der Waals surface area (Å²) in [6, 6.07) is 7.17. The summed E-state index contributed by atoms with van der Waals surface area (Å²) in [5.74, 6) is -0.496. The van der Waals surface area contributed by atoms with Crippen LogP contribution >= 0.6 is 22.9 Å². The predicted octanol–water partition coefficient (Wildman–Crippen LogP) is 4.30. The van der Waals surface area contributed by atoms with Gasteiger partial charge in [0, 0.05) is 16.3 Å². The lowest BCUT2D eigenvalue weighted by Gasteiger charge is -2.10. The van der Waals surface area contributed by atoms with E-state index in [0.717, 1.165) is 11.3 Å². The van der Waals surface area contributed by atoms with E-state index in [0.29, 0.717) is 12.2 Å². The Bertz CT molecular complexity index is 554. The molecule has 1 aromatic carbocycles. The molecule has 2 nitrogen and oxygen atoms in total. The van der Waals surface area contributed by atoms with Crippen LogP contribution in [0.2, 0.25) is 5.02 Å². The largest absolute Gasteiger partial charge is 0.397 e. The minimum absolute atomic E-state index is 0.0760. The van der Waals surface area contributed by atoms with Gasteiger partial charge >= 0.3 is 0 Å². The van der Waals surface area contributed by atoms with Gasteiger partial charge in [0.25, 0.3) is 0 Å². The lowest BCUT2D eigenvalue weighted by molar-refractivity contribution is 0.631. The number of nitrogens with one attached hydrogen (secondary N) is 1. The Labute approximate surface area is 115 Å². The Kier molecular flexibility index (Phi) is 4.09. The van der Waals surface area contributed by atoms with Crippen LogP contribution in [0.3, 0.4) is 0 Å². The summed E-state index contributed by atoms with van der Waals surface area (Å²) < 4.78 is 13.8. The molecule has 0 fully saturated rings. The number of aryl methyl sites for hydroxylation is 1. The fourth-order valence-electron chi connectivity index (χ4n) is 1.63. The number of rotatable bonds is 4. The van der Waals surface area contributed by atoms with Gasteiger partial charge in [0.05, 0.1) is 16.4 Å². The Morgan fingerprint density at radius 2 is 2.00 bits per heavy atom. The zero-order valence-electron chi connectivity index (χ0n) is 9.97. The van der Waals surface area contributed by atoms with E-state index in [9.17, 15) is 4.39 Å². The fraction of sp³-hybridized carbons (Fsp3) is 0.231. The normalized spacial score (nSPS) is 10.6. The molecule has 0 aliphatic rings. The third kappa shape index (κ3) is 2.76. The van der Waals surface area contributed by atoms with Gasteiger partial charge in [-0.1, -0.05) is 18.5 Å². The van der Waals surface area contributed by atoms with Crippen molar-refractivity contribution in [1.82, 2.24) is 0 Å². The van der Waals surface area contributed by atoms with Crippen LogP contribution < -0.4 is 11.1 Å². The summed E-state index contributed by atoms with van der Waals surface area (Å²) in [5.41, 5.74) is 6.37. The van der Waals surface area contributed by atoms with Crippen molar-refractivity contribution < 1.29 is 4.39 Å². The number of halogens is 2. The highest BCUT2D eigenvalue weighted by Gasteiger charge is 2.10. The SMILES string of the molecule is CCc1ccc(CNc2c(N)ccc(Cl)c2F)s1. The van der Waals surface area contributed by atoms with E-state index in [-0.39, 0.29) is 10.7 Å². The summed E-state index contributed by atoms with van der Waals surface area (Å²) in [6.45, 7) is 2.66. The standard InChI is InChI=1S/C13H14ClFN2S/c1-2-8-3-4-9(18-8)7-17-13-11(16)6-5-10(14)12(13)15/h3-6,17H,2,7,16H2,1H3. The van der Waals surface area contributed by atoms with E-state index in [1.165, 1.54) is 10.9 Å². The van der Waals surface area contributed by atoms with Crippen molar-refractivity contribution in [1.29, 1.82) is 0 Å². The van der Waals surface area contributed by atoms with Crippen LogP contribution in [0.4, 0.5) is 15.8 Å². The zero-order valence-corrected chi connectivity index (χ0v) is 11.5. The highest BCUT2D eigenvalue weighted by Crippen LogP contribution is 2.29. The number of nitrogens with two attached hydrogens (primary N) is 1. The van der Waals surface area contributed by atoms with E-state index in [4.69, 9.17) is 17.3 Å². The van der Waals surface area contributed by atoms with Gasteiger partial charge in [0.2, 0.25) is 0 Å². The molecular formula is C13H14ClFN2S. The van der Waals surface area contributed by atoms with Gasteiger partial charge in [0.1, 0.15) is 0 Å². The molecular weight excluding hydrogens is 271 g/mol. The molecule has 1 heterocycles. The van der Waals surface area contributed by atoms with Crippen LogP contribution in [0, 0.1) is 5.82 Å². The molecule has 0 atom stereocenters. The van der Waals surface area contributed by atoms with Crippen molar-refractivity contribution >= 4 is 34.3 Å². The summed E-state index contributed by atoms with van der Waals surface area (Å²) >= 11 is 7.44. The maximum atomic E-state index is 13.8. The maximum absolute atomic E-state index is 13.8. The van der Waals surface area contributed by atoms with Crippen LogP contribution in [0.1, 0.15) is 16.7 Å². The molecule has 0 amide bonds. The number of anilines is 2. The predicted molar refractivity (Wildman–Crippen MR) is 76.8 cm³/mol. The monoisotopic (exact) mass is 284 g/mol. The van der Waals surface area contributed by atoms with Crippen LogP contribution in [0.25, 0.3) is 0 Å². The van der Waals surface area contributed by atoms with Crippen molar-refractivity contribution in [2.75, 3.05) is 11.1 Å². The lowest BCUT2D eigenvalue weighted by Crippen LogP contribution is -2.04. The molecule has 1 aromatic heterocycles. The molecule has 5 heteroatoms. The fourth-order valence-corrected chi connectivity index (χ4v) is 2.68. The first-order chi connectivity index (χ1) is 8.61. The molecule has 3 N–H and O–H groups in total. The van der Waals surface area contributed by atoms with Crippen LogP contribution in [-0.2, 0) is 13.0 Å². The summed E-state index contributed by atoms with van der Waals surface area (Å²) in [6.07, 6.45) is 1.01. The van der Waals surface area contributed by atoms with Crippen LogP contribution in [0.5, 0.6) is 0 Å². The second-order valence-corrected chi connectivity index (χ2v) is 5.56. The minimum Gasteiger partial charge on any atom is -0.397 e. The third-order valence-corrected chi connectivity index (χ3v) is 4.15. The van der Waals surface area contributed by atoms with Gasteiger partial charge in [-0.05, 0) is 30.7 Å². The molecule has 0 bridgehead atoms. The molecule has 96 valence electrons. The maximum Gasteiger partial charge on any atom is 0.166 e. The Hall–Kier alpha value is -1.26. The van der Waals surface area contributed by atoms with Gasteiger partial charge in [-0.2, -0.15) is 0 Å².